The highest BCUT2D eigenvalue weighted by molar-refractivity contribution is 6.30. The Bertz CT molecular complexity index is 522. The molecular formula is C11H9ClN2O2. The molecular weight excluding hydrogens is 228 g/mol. The third-order valence-corrected chi connectivity index (χ3v) is 2.32. The van der Waals surface area contributed by atoms with Crippen LogP contribution in [-0.4, -0.2) is 20.9 Å². The zero-order valence-corrected chi connectivity index (χ0v) is 9.05. The van der Waals surface area contributed by atoms with Crippen molar-refractivity contribution >= 4 is 17.6 Å². The first-order chi connectivity index (χ1) is 7.65. The molecule has 0 spiro atoms. The molecule has 0 saturated carbocycles. The Hall–Kier alpha value is -1.81. The molecule has 82 valence electrons. The zero-order valence-electron chi connectivity index (χ0n) is 8.30. The van der Waals surface area contributed by atoms with E-state index in [0.717, 1.165) is 11.1 Å². The van der Waals surface area contributed by atoms with Crippen molar-refractivity contribution in [3.8, 4) is 11.1 Å². The van der Waals surface area contributed by atoms with E-state index in [2.05, 4.69) is 5.10 Å². The van der Waals surface area contributed by atoms with E-state index in [0.29, 0.717) is 5.02 Å². The van der Waals surface area contributed by atoms with Crippen LogP contribution in [0.3, 0.4) is 0 Å². The largest absolute Gasteiger partial charge is 0.480 e. The van der Waals surface area contributed by atoms with E-state index in [4.69, 9.17) is 16.7 Å². The summed E-state index contributed by atoms with van der Waals surface area (Å²) in [4.78, 5) is 10.5. The van der Waals surface area contributed by atoms with E-state index in [-0.39, 0.29) is 6.54 Å². The molecule has 2 aromatic rings. The summed E-state index contributed by atoms with van der Waals surface area (Å²) in [6.07, 6.45) is 3.30. The Morgan fingerprint density at radius 1 is 1.44 bits per heavy atom. The van der Waals surface area contributed by atoms with Crippen molar-refractivity contribution in [2.45, 2.75) is 6.54 Å². The average molecular weight is 237 g/mol. The van der Waals surface area contributed by atoms with Crippen molar-refractivity contribution in [2.75, 3.05) is 0 Å². The quantitative estimate of drug-likeness (QED) is 0.890. The Labute approximate surface area is 97.1 Å². The summed E-state index contributed by atoms with van der Waals surface area (Å²) in [7, 11) is 0. The van der Waals surface area contributed by atoms with Crippen LogP contribution >= 0.6 is 11.6 Å². The standard InChI is InChI=1S/C11H9ClN2O2/c12-10-3-1-2-8(4-10)9-5-13-14(6-9)7-11(15)16/h1-6H,7H2,(H,15,16). The lowest BCUT2D eigenvalue weighted by Gasteiger charge is -1.97. The smallest absolute Gasteiger partial charge is 0.325 e. The highest BCUT2D eigenvalue weighted by Gasteiger charge is 2.04. The molecule has 0 radical (unpaired) electrons. The van der Waals surface area contributed by atoms with Crippen LogP contribution in [-0.2, 0) is 11.3 Å². The maximum atomic E-state index is 10.5. The fraction of sp³-hybridized carbons (Fsp3) is 0.0909. The van der Waals surface area contributed by atoms with Crippen LogP contribution in [0.2, 0.25) is 5.02 Å². The second-order valence-corrected chi connectivity index (χ2v) is 3.77. The summed E-state index contributed by atoms with van der Waals surface area (Å²) in [5.74, 6) is -0.916. The summed E-state index contributed by atoms with van der Waals surface area (Å²) < 4.78 is 1.37. The number of aromatic nitrogens is 2. The molecule has 4 nitrogen and oxygen atoms in total. The molecule has 5 heteroatoms. The van der Waals surface area contributed by atoms with Crippen LogP contribution in [0.15, 0.2) is 36.7 Å². The molecule has 0 aliphatic heterocycles. The van der Waals surface area contributed by atoms with Gasteiger partial charge in [0.05, 0.1) is 6.20 Å². The van der Waals surface area contributed by atoms with Crippen molar-refractivity contribution in [3.05, 3.63) is 41.7 Å². The third kappa shape index (κ3) is 2.41. The molecule has 0 amide bonds. The van der Waals surface area contributed by atoms with Gasteiger partial charge >= 0.3 is 5.97 Å². The molecule has 1 aromatic carbocycles. The number of carbonyl (C=O) groups is 1. The first-order valence-electron chi connectivity index (χ1n) is 4.65. The first-order valence-corrected chi connectivity index (χ1v) is 5.03. The number of hydrogen-bond donors (Lipinski definition) is 1. The van der Waals surface area contributed by atoms with Crippen molar-refractivity contribution in [1.29, 1.82) is 0 Å². The fourth-order valence-corrected chi connectivity index (χ4v) is 1.60. The van der Waals surface area contributed by atoms with E-state index < -0.39 is 5.97 Å². The maximum absolute atomic E-state index is 10.5. The van der Waals surface area contributed by atoms with Gasteiger partial charge in [0.15, 0.2) is 0 Å². The van der Waals surface area contributed by atoms with Crippen molar-refractivity contribution in [2.24, 2.45) is 0 Å². The molecule has 0 unspecified atom stereocenters. The molecule has 0 aliphatic rings. The highest BCUT2D eigenvalue weighted by atomic mass is 35.5. The van der Waals surface area contributed by atoms with E-state index in [1.165, 1.54) is 4.68 Å². The van der Waals surface area contributed by atoms with Crippen molar-refractivity contribution in [1.82, 2.24) is 9.78 Å². The van der Waals surface area contributed by atoms with Crippen LogP contribution in [0.4, 0.5) is 0 Å². The lowest BCUT2D eigenvalue weighted by Crippen LogP contribution is -2.08. The van der Waals surface area contributed by atoms with Gasteiger partial charge in [0.1, 0.15) is 6.54 Å². The molecule has 1 heterocycles. The van der Waals surface area contributed by atoms with E-state index in [1.54, 1.807) is 18.5 Å². The normalized spacial score (nSPS) is 10.3. The van der Waals surface area contributed by atoms with Crippen molar-refractivity contribution in [3.63, 3.8) is 0 Å². The minimum absolute atomic E-state index is 0.138. The van der Waals surface area contributed by atoms with E-state index >= 15 is 0 Å². The lowest BCUT2D eigenvalue weighted by molar-refractivity contribution is -0.137. The van der Waals surface area contributed by atoms with Gasteiger partial charge in [-0.1, -0.05) is 23.7 Å². The maximum Gasteiger partial charge on any atom is 0.325 e. The molecule has 1 N–H and O–H groups in total. The van der Waals surface area contributed by atoms with Gasteiger partial charge in [-0.3, -0.25) is 9.48 Å². The second-order valence-electron chi connectivity index (χ2n) is 3.33. The fourth-order valence-electron chi connectivity index (χ4n) is 1.41. The Morgan fingerprint density at radius 3 is 2.94 bits per heavy atom. The minimum Gasteiger partial charge on any atom is -0.480 e. The van der Waals surface area contributed by atoms with Gasteiger partial charge in [-0.05, 0) is 17.7 Å². The molecule has 2 rings (SSSR count). The van der Waals surface area contributed by atoms with Gasteiger partial charge in [0.25, 0.3) is 0 Å². The molecule has 16 heavy (non-hydrogen) atoms. The molecule has 0 fully saturated rings. The SMILES string of the molecule is O=C(O)Cn1cc(-c2cccc(Cl)c2)cn1. The number of nitrogens with zero attached hydrogens (tertiary/aromatic N) is 2. The summed E-state index contributed by atoms with van der Waals surface area (Å²) in [5.41, 5.74) is 1.77. The van der Waals surface area contributed by atoms with E-state index in [9.17, 15) is 4.79 Å². The molecule has 0 atom stereocenters. The predicted octanol–water partition coefficient (Wildman–Crippen LogP) is 2.29. The van der Waals surface area contributed by atoms with Crippen molar-refractivity contribution < 1.29 is 9.90 Å². The zero-order chi connectivity index (χ0) is 11.5. The summed E-state index contributed by atoms with van der Waals surface area (Å²) in [6, 6.07) is 7.33. The number of halogens is 1. The van der Waals surface area contributed by atoms with Gasteiger partial charge in [0, 0.05) is 16.8 Å². The number of rotatable bonds is 3. The van der Waals surface area contributed by atoms with Crippen LogP contribution in [0.1, 0.15) is 0 Å². The van der Waals surface area contributed by atoms with Gasteiger partial charge in [-0.2, -0.15) is 5.10 Å². The van der Waals surface area contributed by atoms with Gasteiger partial charge in [-0.15, -0.1) is 0 Å². The minimum atomic E-state index is -0.916. The second kappa shape index (κ2) is 4.37. The van der Waals surface area contributed by atoms with Gasteiger partial charge in [-0.25, -0.2) is 0 Å². The third-order valence-electron chi connectivity index (χ3n) is 2.09. The summed E-state index contributed by atoms with van der Waals surface area (Å²) >= 11 is 5.86. The first kappa shape index (κ1) is 10.7. The van der Waals surface area contributed by atoms with E-state index in [1.807, 2.05) is 18.2 Å². The number of benzene rings is 1. The molecule has 0 saturated heterocycles. The number of carboxylic acids is 1. The monoisotopic (exact) mass is 236 g/mol. The number of carboxylic acid groups (broad SMARTS) is 1. The number of hydrogen-bond acceptors (Lipinski definition) is 2. The Balaban J connectivity index is 2.28. The average Bonchev–Trinajstić information content (AvgIpc) is 2.65. The molecule has 0 aliphatic carbocycles. The highest BCUT2D eigenvalue weighted by Crippen LogP contribution is 2.21. The van der Waals surface area contributed by atoms with Crippen LogP contribution in [0, 0.1) is 0 Å². The van der Waals surface area contributed by atoms with Crippen LogP contribution in [0.25, 0.3) is 11.1 Å². The predicted molar refractivity (Wildman–Crippen MR) is 60.3 cm³/mol. The molecule has 1 aromatic heterocycles. The molecule has 0 bridgehead atoms. The summed E-state index contributed by atoms with van der Waals surface area (Å²) in [6.45, 7) is -0.138. The van der Waals surface area contributed by atoms with Crippen LogP contribution in [0.5, 0.6) is 0 Å². The Kier molecular flexibility index (Phi) is 2.92. The summed E-state index contributed by atoms with van der Waals surface area (Å²) in [5, 5.41) is 13.2. The lowest BCUT2D eigenvalue weighted by atomic mass is 10.1. The Morgan fingerprint density at radius 2 is 2.25 bits per heavy atom. The van der Waals surface area contributed by atoms with Gasteiger partial charge in [0.2, 0.25) is 0 Å². The number of aliphatic carboxylic acids is 1. The van der Waals surface area contributed by atoms with Crippen LogP contribution < -0.4 is 0 Å². The van der Waals surface area contributed by atoms with Gasteiger partial charge < -0.3 is 5.11 Å². The topological polar surface area (TPSA) is 55.1 Å².